The lowest BCUT2D eigenvalue weighted by molar-refractivity contribution is 0.110. The number of aldehydes is 1. The first-order chi connectivity index (χ1) is 7.11. The van der Waals surface area contributed by atoms with Gasteiger partial charge in [-0.15, -0.1) is 5.10 Å². The lowest BCUT2D eigenvalue weighted by Crippen LogP contribution is -2.21. The number of ether oxygens (including phenoxy) is 1. The molecule has 1 N–H and O–H groups in total. The molecule has 0 saturated heterocycles. The number of methoxy groups -OCH3 is 1. The molecule has 0 aliphatic heterocycles. The summed E-state index contributed by atoms with van der Waals surface area (Å²) in [5.41, 5.74) is 0.838. The van der Waals surface area contributed by atoms with Gasteiger partial charge in [-0.05, 0) is 13.8 Å². The standard InChI is InChI=1S/C9H15N3O3/c1-6(7(2)14)12-9(5-15-3)8(4-13)10-11-12/h4,6-7,14H,5H2,1-3H3. The zero-order chi connectivity index (χ0) is 11.4. The zero-order valence-corrected chi connectivity index (χ0v) is 9.04. The van der Waals surface area contributed by atoms with Gasteiger partial charge in [0, 0.05) is 7.11 Å². The molecule has 6 heteroatoms. The fraction of sp³-hybridized carbons (Fsp3) is 0.667. The first kappa shape index (κ1) is 11.8. The Morgan fingerprint density at radius 1 is 1.60 bits per heavy atom. The Balaban J connectivity index is 3.06. The van der Waals surface area contributed by atoms with Gasteiger partial charge >= 0.3 is 0 Å². The number of carbonyl (C=O) groups excluding carboxylic acids is 1. The highest BCUT2D eigenvalue weighted by molar-refractivity contribution is 5.73. The van der Waals surface area contributed by atoms with E-state index < -0.39 is 6.10 Å². The van der Waals surface area contributed by atoms with Crippen molar-refractivity contribution in [2.45, 2.75) is 32.6 Å². The van der Waals surface area contributed by atoms with Crippen molar-refractivity contribution < 1.29 is 14.6 Å². The molecular weight excluding hydrogens is 198 g/mol. The van der Waals surface area contributed by atoms with Gasteiger partial charge < -0.3 is 9.84 Å². The van der Waals surface area contributed by atoms with Crippen LogP contribution >= 0.6 is 0 Å². The second kappa shape index (κ2) is 4.99. The van der Waals surface area contributed by atoms with Gasteiger partial charge in [-0.25, -0.2) is 4.68 Å². The topological polar surface area (TPSA) is 77.2 Å². The van der Waals surface area contributed by atoms with Crippen LogP contribution in [0.15, 0.2) is 0 Å². The number of carbonyl (C=O) groups is 1. The minimum absolute atomic E-state index is 0.239. The number of aliphatic hydroxyl groups excluding tert-OH is 1. The summed E-state index contributed by atoms with van der Waals surface area (Å²) in [6, 6.07) is -0.239. The highest BCUT2D eigenvalue weighted by Gasteiger charge is 2.19. The van der Waals surface area contributed by atoms with Crippen LogP contribution in [-0.4, -0.2) is 39.6 Å². The minimum Gasteiger partial charge on any atom is -0.391 e. The third-order valence-electron chi connectivity index (χ3n) is 2.30. The van der Waals surface area contributed by atoms with E-state index in [0.717, 1.165) is 0 Å². The lowest BCUT2D eigenvalue weighted by Gasteiger charge is -2.16. The van der Waals surface area contributed by atoms with E-state index >= 15 is 0 Å². The maximum absolute atomic E-state index is 10.7. The van der Waals surface area contributed by atoms with Gasteiger partial charge in [0.1, 0.15) is 0 Å². The summed E-state index contributed by atoms with van der Waals surface area (Å²) in [6.45, 7) is 3.70. The molecule has 1 aromatic heterocycles. The third kappa shape index (κ3) is 2.40. The SMILES string of the molecule is COCc1c(C=O)nnn1C(C)C(C)O. The van der Waals surface area contributed by atoms with Gasteiger partial charge in [0.05, 0.1) is 24.4 Å². The van der Waals surface area contributed by atoms with Crippen LogP contribution in [0.2, 0.25) is 0 Å². The molecule has 1 rings (SSSR count). The number of hydrogen-bond acceptors (Lipinski definition) is 5. The van der Waals surface area contributed by atoms with E-state index in [-0.39, 0.29) is 18.3 Å². The van der Waals surface area contributed by atoms with Crippen LogP contribution in [0.4, 0.5) is 0 Å². The van der Waals surface area contributed by atoms with Crippen LogP contribution in [0.1, 0.15) is 36.1 Å². The lowest BCUT2D eigenvalue weighted by atomic mass is 10.2. The first-order valence-corrected chi connectivity index (χ1v) is 4.68. The van der Waals surface area contributed by atoms with E-state index in [1.54, 1.807) is 13.8 Å². The van der Waals surface area contributed by atoms with Crippen LogP contribution in [0.3, 0.4) is 0 Å². The average molecular weight is 213 g/mol. The molecule has 0 amide bonds. The zero-order valence-electron chi connectivity index (χ0n) is 9.04. The molecular formula is C9H15N3O3. The highest BCUT2D eigenvalue weighted by atomic mass is 16.5. The summed E-state index contributed by atoms with van der Waals surface area (Å²) >= 11 is 0. The molecule has 1 aromatic rings. The van der Waals surface area contributed by atoms with E-state index in [9.17, 15) is 9.90 Å². The van der Waals surface area contributed by atoms with Crippen molar-refractivity contribution in [1.29, 1.82) is 0 Å². The number of aliphatic hydroxyl groups is 1. The van der Waals surface area contributed by atoms with Crippen molar-refractivity contribution in [3.05, 3.63) is 11.4 Å². The molecule has 0 saturated carbocycles. The van der Waals surface area contributed by atoms with E-state index in [0.29, 0.717) is 12.0 Å². The van der Waals surface area contributed by atoms with Gasteiger partial charge in [-0.2, -0.15) is 0 Å². The molecule has 0 spiro atoms. The van der Waals surface area contributed by atoms with E-state index in [1.807, 2.05) is 0 Å². The van der Waals surface area contributed by atoms with Crippen molar-refractivity contribution in [2.24, 2.45) is 0 Å². The molecule has 2 unspecified atom stereocenters. The van der Waals surface area contributed by atoms with Crippen molar-refractivity contribution in [3.8, 4) is 0 Å². The van der Waals surface area contributed by atoms with Gasteiger partial charge in [-0.1, -0.05) is 5.21 Å². The maximum Gasteiger partial charge on any atom is 0.172 e. The Morgan fingerprint density at radius 3 is 2.73 bits per heavy atom. The minimum atomic E-state index is -0.568. The third-order valence-corrected chi connectivity index (χ3v) is 2.30. The van der Waals surface area contributed by atoms with Crippen molar-refractivity contribution in [2.75, 3.05) is 7.11 Å². The Bertz CT molecular complexity index is 335. The Morgan fingerprint density at radius 2 is 2.27 bits per heavy atom. The van der Waals surface area contributed by atoms with E-state index in [1.165, 1.54) is 11.8 Å². The first-order valence-electron chi connectivity index (χ1n) is 4.68. The fourth-order valence-electron chi connectivity index (χ4n) is 1.23. The molecule has 0 bridgehead atoms. The van der Waals surface area contributed by atoms with E-state index in [4.69, 9.17) is 4.74 Å². The summed E-state index contributed by atoms with van der Waals surface area (Å²) in [5, 5.41) is 17.0. The molecule has 84 valence electrons. The number of rotatable bonds is 5. The van der Waals surface area contributed by atoms with Crippen LogP contribution in [0.5, 0.6) is 0 Å². The maximum atomic E-state index is 10.7. The molecule has 0 fully saturated rings. The molecule has 0 aromatic carbocycles. The Hall–Kier alpha value is -1.27. The number of hydrogen-bond donors (Lipinski definition) is 1. The van der Waals surface area contributed by atoms with Crippen LogP contribution in [0.25, 0.3) is 0 Å². The summed E-state index contributed by atoms with van der Waals surface area (Å²) in [6.07, 6.45) is 0.0638. The van der Waals surface area contributed by atoms with Gasteiger partial charge in [0.25, 0.3) is 0 Å². The molecule has 0 aliphatic carbocycles. The Labute approximate surface area is 87.9 Å². The molecule has 1 heterocycles. The summed E-state index contributed by atoms with van der Waals surface area (Å²) in [5.74, 6) is 0. The average Bonchev–Trinajstić information content (AvgIpc) is 2.60. The van der Waals surface area contributed by atoms with Gasteiger partial charge in [0.2, 0.25) is 0 Å². The second-order valence-corrected chi connectivity index (χ2v) is 3.40. The van der Waals surface area contributed by atoms with Crippen LogP contribution < -0.4 is 0 Å². The predicted octanol–water partition coefficient (Wildman–Crippen LogP) is 0.179. The number of aromatic nitrogens is 3. The molecule has 2 atom stereocenters. The van der Waals surface area contributed by atoms with Crippen molar-refractivity contribution in [1.82, 2.24) is 15.0 Å². The normalized spacial score (nSPS) is 14.9. The summed E-state index contributed by atoms with van der Waals surface area (Å²) < 4.78 is 6.47. The van der Waals surface area contributed by atoms with Gasteiger partial charge in [0.15, 0.2) is 12.0 Å². The van der Waals surface area contributed by atoms with Gasteiger partial charge in [-0.3, -0.25) is 4.79 Å². The predicted molar refractivity (Wildman–Crippen MR) is 52.5 cm³/mol. The molecule has 0 radical (unpaired) electrons. The number of nitrogens with zero attached hydrogens (tertiary/aromatic N) is 3. The molecule has 6 nitrogen and oxygen atoms in total. The monoisotopic (exact) mass is 213 g/mol. The quantitative estimate of drug-likeness (QED) is 0.706. The summed E-state index contributed by atoms with van der Waals surface area (Å²) in [7, 11) is 1.53. The second-order valence-electron chi connectivity index (χ2n) is 3.40. The summed E-state index contributed by atoms with van der Waals surface area (Å²) in [4.78, 5) is 10.7. The smallest absolute Gasteiger partial charge is 0.172 e. The van der Waals surface area contributed by atoms with Crippen LogP contribution in [0, 0.1) is 0 Å². The van der Waals surface area contributed by atoms with Crippen LogP contribution in [-0.2, 0) is 11.3 Å². The fourth-order valence-corrected chi connectivity index (χ4v) is 1.23. The largest absolute Gasteiger partial charge is 0.391 e. The molecule has 15 heavy (non-hydrogen) atoms. The highest BCUT2D eigenvalue weighted by Crippen LogP contribution is 2.15. The molecule has 0 aliphatic rings. The van der Waals surface area contributed by atoms with Crippen molar-refractivity contribution in [3.63, 3.8) is 0 Å². The van der Waals surface area contributed by atoms with E-state index in [2.05, 4.69) is 10.3 Å². The Kier molecular flexibility index (Phi) is 3.93. The van der Waals surface area contributed by atoms with Crippen molar-refractivity contribution >= 4 is 6.29 Å².